The van der Waals surface area contributed by atoms with Gasteiger partial charge in [0.1, 0.15) is 0 Å². The summed E-state index contributed by atoms with van der Waals surface area (Å²) in [6, 6.07) is 0. The van der Waals surface area contributed by atoms with E-state index in [1.54, 1.807) is 0 Å². The van der Waals surface area contributed by atoms with Gasteiger partial charge in [0, 0.05) is 26.1 Å². The fourth-order valence-electron chi connectivity index (χ4n) is 2.48. The van der Waals surface area contributed by atoms with E-state index in [9.17, 15) is 13.2 Å². The van der Waals surface area contributed by atoms with E-state index in [1.165, 1.54) is 0 Å². The number of rotatable bonds is 8. The van der Waals surface area contributed by atoms with Crippen LogP contribution in [0, 0.1) is 5.92 Å². The van der Waals surface area contributed by atoms with Gasteiger partial charge in [0.2, 0.25) is 15.9 Å². The molecule has 0 saturated carbocycles. The molecule has 20 heavy (non-hydrogen) atoms. The van der Waals surface area contributed by atoms with Crippen molar-refractivity contribution >= 4 is 15.9 Å². The summed E-state index contributed by atoms with van der Waals surface area (Å²) in [6.07, 6.45) is 6.51. The number of carbonyl (C=O) groups is 1. The fraction of sp³-hybridized carbons (Fsp3) is 0.923. The number of sulfonamides is 1. The van der Waals surface area contributed by atoms with Gasteiger partial charge in [-0.25, -0.2) is 13.1 Å². The first-order valence-electron chi connectivity index (χ1n) is 7.35. The number of nitrogens with zero attached hydrogens (tertiary/aromatic N) is 1. The Kier molecular flexibility index (Phi) is 7.47. The summed E-state index contributed by atoms with van der Waals surface area (Å²) in [6.45, 7) is 2.57. The average molecular weight is 305 g/mol. The van der Waals surface area contributed by atoms with E-state index in [1.807, 2.05) is 4.90 Å². The van der Waals surface area contributed by atoms with Crippen LogP contribution in [-0.2, 0) is 14.8 Å². The zero-order chi connectivity index (χ0) is 15.0. The van der Waals surface area contributed by atoms with Gasteiger partial charge in [-0.05, 0) is 38.1 Å². The third-order valence-corrected chi connectivity index (χ3v) is 4.29. The van der Waals surface area contributed by atoms with Crippen LogP contribution >= 0.6 is 0 Å². The molecule has 0 spiro atoms. The second kappa shape index (κ2) is 8.59. The smallest absolute Gasteiger partial charge is 0.222 e. The van der Waals surface area contributed by atoms with E-state index >= 15 is 0 Å². The minimum atomic E-state index is -3.15. The van der Waals surface area contributed by atoms with Crippen LogP contribution in [0.1, 0.15) is 38.5 Å². The molecule has 0 aromatic rings. The van der Waals surface area contributed by atoms with E-state index in [2.05, 4.69) is 4.72 Å². The van der Waals surface area contributed by atoms with E-state index < -0.39 is 10.0 Å². The molecule has 1 atom stereocenters. The number of unbranched alkanes of at least 4 members (excludes halogenated alkanes) is 2. The summed E-state index contributed by atoms with van der Waals surface area (Å²) in [5, 5.41) is 0. The van der Waals surface area contributed by atoms with Gasteiger partial charge in [0.15, 0.2) is 0 Å². The molecule has 1 aliphatic rings. The molecule has 1 saturated heterocycles. The highest BCUT2D eigenvalue weighted by Gasteiger charge is 2.23. The van der Waals surface area contributed by atoms with Crippen LogP contribution in [0.3, 0.4) is 0 Å². The van der Waals surface area contributed by atoms with Gasteiger partial charge in [0.05, 0.1) is 6.26 Å². The first kappa shape index (κ1) is 17.4. The number of likely N-dealkylation sites (tertiary alicyclic amines) is 1. The third-order valence-electron chi connectivity index (χ3n) is 3.60. The molecule has 1 rings (SSSR count). The minimum absolute atomic E-state index is 0.186. The van der Waals surface area contributed by atoms with Crippen molar-refractivity contribution in [2.45, 2.75) is 38.5 Å². The van der Waals surface area contributed by atoms with Crippen molar-refractivity contribution in [3.05, 3.63) is 0 Å². The molecule has 1 unspecified atom stereocenters. The first-order valence-corrected chi connectivity index (χ1v) is 9.24. The summed E-state index contributed by atoms with van der Waals surface area (Å²) >= 11 is 0. The second-order valence-corrected chi connectivity index (χ2v) is 7.40. The molecule has 1 amide bonds. The lowest BCUT2D eigenvalue weighted by Crippen LogP contribution is -2.43. The van der Waals surface area contributed by atoms with Crippen LogP contribution in [0.15, 0.2) is 0 Å². The molecule has 0 aliphatic carbocycles. The molecule has 1 fully saturated rings. The predicted octanol–water partition coefficient (Wildman–Crippen LogP) is 0.293. The molecule has 0 aromatic heterocycles. The lowest BCUT2D eigenvalue weighted by molar-refractivity contribution is -0.133. The van der Waals surface area contributed by atoms with Crippen molar-refractivity contribution in [1.82, 2.24) is 9.62 Å². The summed E-state index contributed by atoms with van der Waals surface area (Å²) in [5.74, 6) is 0.414. The summed E-state index contributed by atoms with van der Waals surface area (Å²) < 4.78 is 24.7. The highest BCUT2D eigenvalue weighted by molar-refractivity contribution is 7.88. The molecule has 6 nitrogen and oxygen atoms in total. The highest BCUT2D eigenvalue weighted by atomic mass is 32.2. The van der Waals surface area contributed by atoms with E-state index in [0.717, 1.165) is 44.9 Å². The molecule has 1 heterocycles. The Morgan fingerprint density at radius 2 is 2.10 bits per heavy atom. The number of amides is 1. The number of piperidine rings is 1. The zero-order valence-electron chi connectivity index (χ0n) is 12.3. The Balaban J connectivity index is 2.30. The lowest BCUT2D eigenvalue weighted by atomic mass is 9.98. The zero-order valence-corrected chi connectivity index (χ0v) is 13.1. The lowest BCUT2D eigenvalue weighted by Gasteiger charge is -2.33. The summed E-state index contributed by atoms with van der Waals surface area (Å²) in [5.41, 5.74) is 5.42. The van der Waals surface area contributed by atoms with Crippen LogP contribution in [0.5, 0.6) is 0 Å². The van der Waals surface area contributed by atoms with Gasteiger partial charge in [-0.2, -0.15) is 0 Å². The van der Waals surface area contributed by atoms with Crippen molar-refractivity contribution in [2.24, 2.45) is 11.7 Å². The predicted molar refractivity (Wildman–Crippen MR) is 79.7 cm³/mol. The van der Waals surface area contributed by atoms with Gasteiger partial charge in [0.25, 0.3) is 0 Å². The van der Waals surface area contributed by atoms with E-state index in [0.29, 0.717) is 26.1 Å². The standard InChI is InChI=1S/C13H27N3O3S/c1-20(18,19)15-10-12-6-5-9-16(11-12)13(17)7-3-2-4-8-14/h12,15H,2-11,14H2,1H3. The Bertz CT molecular complexity index is 398. The number of carbonyl (C=O) groups excluding carboxylic acids is 1. The SMILES string of the molecule is CS(=O)(=O)NCC1CCCN(C(=O)CCCCCN)C1. The normalized spacial score (nSPS) is 20.1. The van der Waals surface area contributed by atoms with Crippen LogP contribution in [0.2, 0.25) is 0 Å². The van der Waals surface area contributed by atoms with Crippen molar-refractivity contribution < 1.29 is 13.2 Å². The average Bonchev–Trinajstić information content (AvgIpc) is 2.41. The van der Waals surface area contributed by atoms with Crippen molar-refractivity contribution in [1.29, 1.82) is 0 Å². The van der Waals surface area contributed by atoms with Gasteiger partial charge in [-0.3, -0.25) is 4.79 Å². The topological polar surface area (TPSA) is 92.5 Å². The molecule has 3 N–H and O–H groups in total. The largest absolute Gasteiger partial charge is 0.342 e. The monoisotopic (exact) mass is 305 g/mol. The van der Waals surface area contributed by atoms with E-state index in [4.69, 9.17) is 5.73 Å². The Labute approximate surface area is 122 Å². The van der Waals surface area contributed by atoms with Gasteiger partial charge >= 0.3 is 0 Å². The quantitative estimate of drug-likeness (QED) is 0.631. The number of nitrogens with one attached hydrogen (secondary N) is 1. The van der Waals surface area contributed by atoms with Gasteiger partial charge < -0.3 is 10.6 Å². The van der Waals surface area contributed by atoms with Gasteiger partial charge in [-0.15, -0.1) is 0 Å². The Morgan fingerprint density at radius 1 is 1.35 bits per heavy atom. The van der Waals surface area contributed by atoms with E-state index in [-0.39, 0.29) is 11.8 Å². The molecule has 1 aliphatic heterocycles. The third kappa shape index (κ3) is 7.21. The Hall–Kier alpha value is -0.660. The molecular weight excluding hydrogens is 278 g/mol. The fourth-order valence-corrected chi connectivity index (χ4v) is 3.02. The molecule has 0 bridgehead atoms. The second-order valence-electron chi connectivity index (χ2n) is 5.57. The van der Waals surface area contributed by atoms with Crippen molar-refractivity contribution in [2.75, 3.05) is 32.4 Å². The van der Waals surface area contributed by atoms with Crippen molar-refractivity contribution in [3.8, 4) is 0 Å². The minimum Gasteiger partial charge on any atom is -0.342 e. The molecule has 0 radical (unpaired) electrons. The highest BCUT2D eigenvalue weighted by Crippen LogP contribution is 2.17. The van der Waals surface area contributed by atoms with Crippen LogP contribution in [-0.4, -0.2) is 51.7 Å². The van der Waals surface area contributed by atoms with Crippen LogP contribution < -0.4 is 10.5 Å². The maximum absolute atomic E-state index is 12.1. The Morgan fingerprint density at radius 3 is 2.75 bits per heavy atom. The van der Waals surface area contributed by atoms with Crippen LogP contribution in [0.25, 0.3) is 0 Å². The van der Waals surface area contributed by atoms with Crippen LogP contribution in [0.4, 0.5) is 0 Å². The first-order chi connectivity index (χ1) is 9.42. The van der Waals surface area contributed by atoms with Gasteiger partial charge in [-0.1, -0.05) is 6.42 Å². The van der Waals surface area contributed by atoms with Crippen molar-refractivity contribution in [3.63, 3.8) is 0 Å². The maximum Gasteiger partial charge on any atom is 0.222 e. The molecular formula is C13H27N3O3S. The molecule has 7 heteroatoms. The summed E-state index contributed by atoms with van der Waals surface area (Å²) in [7, 11) is -3.15. The number of hydrogen-bond acceptors (Lipinski definition) is 4. The maximum atomic E-state index is 12.1. The molecule has 0 aromatic carbocycles. The summed E-state index contributed by atoms with van der Waals surface area (Å²) in [4.78, 5) is 13.9. The number of hydrogen-bond donors (Lipinski definition) is 2. The molecule has 118 valence electrons. The number of nitrogens with two attached hydrogens (primary N) is 1.